The molecule has 2 aliphatic heterocycles. The van der Waals surface area contributed by atoms with Crippen molar-refractivity contribution >= 4 is 0 Å². The Morgan fingerprint density at radius 1 is 1.32 bits per heavy atom. The van der Waals surface area contributed by atoms with Crippen molar-refractivity contribution in [3.63, 3.8) is 0 Å². The van der Waals surface area contributed by atoms with E-state index in [2.05, 4.69) is 30.4 Å². The number of nitrogens with one attached hydrogen (secondary N) is 1. The van der Waals surface area contributed by atoms with Gasteiger partial charge in [-0.2, -0.15) is 0 Å². The predicted octanol–water partition coefficient (Wildman–Crippen LogP) is 2.84. The monoisotopic (exact) mass is 261 g/mol. The molecule has 2 heterocycles. The highest BCUT2D eigenvalue weighted by Crippen LogP contribution is 2.45. The van der Waals surface area contributed by atoms with Crippen molar-refractivity contribution < 1.29 is 9.47 Å². The van der Waals surface area contributed by atoms with E-state index in [0.717, 1.165) is 44.8 Å². The molecule has 1 saturated heterocycles. The highest BCUT2D eigenvalue weighted by Gasteiger charge is 2.42. The van der Waals surface area contributed by atoms with E-state index in [1.54, 1.807) is 0 Å². The Hall–Kier alpha value is -1.06. The number of para-hydroxylation sites is 1. The van der Waals surface area contributed by atoms with Gasteiger partial charge >= 0.3 is 0 Å². The second kappa shape index (κ2) is 5.51. The molecular formula is C16H23NO2. The molecule has 1 N–H and O–H groups in total. The summed E-state index contributed by atoms with van der Waals surface area (Å²) >= 11 is 0. The van der Waals surface area contributed by atoms with Gasteiger partial charge < -0.3 is 14.8 Å². The van der Waals surface area contributed by atoms with E-state index in [4.69, 9.17) is 9.47 Å². The van der Waals surface area contributed by atoms with Crippen LogP contribution < -0.4 is 10.1 Å². The van der Waals surface area contributed by atoms with Gasteiger partial charge in [-0.25, -0.2) is 0 Å². The van der Waals surface area contributed by atoms with Gasteiger partial charge in [0.25, 0.3) is 0 Å². The SMILES string of the molecule is CCCNC1CCOC2(CCOc3ccccc32)C1. The van der Waals surface area contributed by atoms with Gasteiger partial charge in [0.05, 0.1) is 6.61 Å². The maximum atomic E-state index is 6.22. The average Bonchev–Trinajstić information content (AvgIpc) is 2.46. The third kappa shape index (κ3) is 2.49. The number of hydrogen-bond donors (Lipinski definition) is 1. The molecule has 0 bridgehead atoms. The van der Waals surface area contributed by atoms with Crippen LogP contribution >= 0.6 is 0 Å². The van der Waals surface area contributed by atoms with E-state index in [1.807, 2.05) is 6.07 Å². The molecule has 2 atom stereocenters. The standard InChI is InChI=1S/C16H23NO2/c1-2-9-17-13-7-10-19-16(12-13)8-11-18-15-6-4-3-5-14(15)16/h3-6,13,17H,2,7-12H2,1H3. The van der Waals surface area contributed by atoms with Gasteiger partial charge in [-0.1, -0.05) is 25.1 Å². The van der Waals surface area contributed by atoms with E-state index >= 15 is 0 Å². The van der Waals surface area contributed by atoms with Crippen molar-refractivity contribution in [2.45, 2.75) is 44.2 Å². The number of rotatable bonds is 3. The third-order valence-electron chi connectivity index (χ3n) is 4.25. The quantitative estimate of drug-likeness (QED) is 0.907. The maximum absolute atomic E-state index is 6.22. The zero-order chi connectivity index (χ0) is 13.1. The van der Waals surface area contributed by atoms with Gasteiger partial charge in [-0.05, 0) is 31.9 Å². The number of benzene rings is 1. The summed E-state index contributed by atoms with van der Waals surface area (Å²) in [4.78, 5) is 0. The van der Waals surface area contributed by atoms with E-state index < -0.39 is 0 Å². The smallest absolute Gasteiger partial charge is 0.125 e. The predicted molar refractivity (Wildman–Crippen MR) is 75.5 cm³/mol. The van der Waals surface area contributed by atoms with Gasteiger partial charge in [0, 0.05) is 24.6 Å². The molecule has 0 aromatic heterocycles. The van der Waals surface area contributed by atoms with Crippen LogP contribution in [0.4, 0.5) is 0 Å². The van der Waals surface area contributed by atoms with Gasteiger partial charge in [-0.15, -0.1) is 0 Å². The van der Waals surface area contributed by atoms with E-state index in [0.29, 0.717) is 6.04 Å². The zero-order valence-electron chi connectivity index (χ0n) is 11.7. The molecule has 1 spiro atoms. The fourth-order valence-electron chi connectivity index (χ4n) is 3.27. The first-order valence-corrected chi connectivity index (χ1v) is 7.44. The first-order valence-electron chi connectivity index (χ1n) is 7.44. The molecular weight excluding hydrogens is 238 g/mol. The van der Waals surface area contributed by atoms with Crippen molar-refractivity contribution in [2.75, 3.05) is 19.8 Å². The normalized spacial score (nSPS) is 29.8. The number of hydrogen-bond acceptors (Lipinski definition) is 3. The van der Waals surface area contributed by atoms with Gasteiger partial charge in [0.15, 0.2) is 0 Å². The van der Waals surface area contributed by atoms with Crippen LogP contribution in [0.3, 0.4) is 0 Å². The third-order valence-corrected chi connectivity index (χ3v) is 4.25. The topological polar surface area (TPSA) is 30.5 Å². The summed E-state index contributed by atoms with van der Waals surface area (Å²) in [7, 11) is 0. The molecule has 0 saturated carbocycles. The molecule has 3 nitrogen and oxygen atoms in total. The van der Waals surface area contributed by atoms with Crippen LogP contribution in [0.15, 0.2) is 24.3 Å². The molecule has 0 amide bonds. The lowest BCUT2D eigenvalue weighted by Gasteiger charge is -2.44. The van der Waals surface area contributed by atoms with Crippen molar-refractivity contribution in [1.82, 2.24) is 5.32 Å². The summed E-state index contributed by atoms with van der Waals surface area (Å²) in [5.74, 6) is 1.00. The summed E-state index contributed by atoms with van der Waals surface area (Å²) in [6.45, 7) is 4.91. The fraction of sp³-hybridized carbons (Fsp3) is 0.625. The minimum atomic E-state index is -0.126. The average molecular weight is 261 g/mol. The maximum Gasteiger partial charge on any atom is 0.125 e. The molecule has 3 heteroatoms. The summed E-state index contributed by atoms with van der Waals surface area (Å²) in [6.07, 6.45) is 4.33. The second-order valence-corrected chi connectivity index (χ2v) is 5.58. The molecule has 19 heavy (non-hydrogen) atoms. The largest absolute Gasteiger partial charge is 0.493 e. The number of ether oxygens (including phenoxy) is 2. The van der Waals surface area contributed by atoms with Gasteiger partial charge in [0.2, 0.25) is 0 Å². The molecule has 1 fully saturated rings. The Morgan fingerprint density at radius 3 is 3.11 bits per heavy atom. The first-order chi connectivity index (χ1) is 9.34. The highest BCUT2D eigenvalue weighted by atomic mass is 16.5. The zero-order valence-corrected chi connectivity index (χ0v) is 11.7. The molecule has 1 aromatic carbocycles. The minimum absolute atomic E-state index is 0.126. The van der Waals surface area contributed by atoms with Crippen molar-refractivity contribution in [3.8, 4) is 5.75 Å². The molecule has 1 aromatic rings. The molecule has 3 rings (SSSR count). The summed E-state index contributed by atoms with van der Waals surface area (Å²) < 4.78 is 12.0. The van der Waals surface area contributed by atoms with Crippen LogP contribution in [0.5, 0.6) is 5.75 Å². The van der Waals surface area contributed by atoms with Crippen LogP contribution in [0.1, 0.15) is 38.2 Å². The van der Waals surface area contributed by atoms with Crippen LogP contribution in [-0.4, -0.2) is 25.8 Å². The Bertz CT molecular complexity index is 435. The Morgan fingerprint density at radius 2 is 2.21 bits per heavy atom. The van der Waals surface area contributed by atoms with Gasteiger partial charge in [0.1, 0.15) is 11.4 Å². The van der Waals surface area contributed by atoms with Crippen molar-refractivity contribution in [1.29, 1.82) is 0 Å². The number of fused-ring (bicyclic) bond motifs is 2. The second-order valence-electron chi connectivity index (χ2n) is 5.58. The molecule has 104 valence electrons. The lowest BCUT2D eigenvalue weighted by atomic mass is 9.80. The first kappa shape index (κ1) is 12.9. The lowest BCUT2D eigenvalue weighted by molar-refractivity contribution is -0.113. The fourth-order valence-corrected chi connectivity index (χ4v) is 3.27. The highest BCUT2D eigenvalue weighted by molar-refractivity contribution is 5.40. The van der Waals surface area contributed by atoms with Crippen molar-refractivity contribution in [2.24, 2.45) is 0 Å². The van der Waals surface area contributed by atoms with Crippen LogP contribution in [-0.2, 0) is 10.3 Å². The summed E-state index contributed by atoms with van der Waals surface area (Å²) in [5, 5.41) is 3.65. The van der Waals surface area contributed by atoms with E-state index in [-0.39, 0.29) is 5.60 Å². The van der Waals surface area contributed by atoms with Gasteiger partial charge in [-0.3, -0.25) is 0 Å². The molecule has 0 aliphatic carbocycles. The van der Waals surface area contributed by atoms with Crippen LogP contribution in [0.2, 0.25) is 0 Å². The van der Waals surface area contributed by atoms with Crippen molar-refractivity contribution in [3.05, 3.63) is 29.8 Å². The lowest BCUT2D eigenvalue weighted by Crippen LogP contribution is -2.47. The Balaban J connectivity index is 1.83. The Kier molecular flexibility index (Phi) is 3.76. The Labute approximate surface area is 115 Å². The minimum Gasteiger partial charge on any atom is -0.493 e. The molecule has 0 radical (unpaired) electrons. The van der Waals surface area contributed by atoms with Crippen LogP contribution in [0.25, 0.3) is 0 Å². The van der Waals surface area contributed by atoms with Crippen LogP contribution in [0, 0.1) is 0 Å². The van der Waals surface area contributed by atoms with E-state index in [1.165, 1.54) is 12.0 Å². The summed E-state index contributed by atoms with van der Waals surface area (Å²) in [6, 6.07) is 8.91. The molecule has 2 aliphatic rings. The summed E-state index contributed by atoms with van der Waals surface area (Å²) in [5.41, 5.74) is 1.11. The van der Waals surface area contributed by atoms with E-state index in [9.17, 15) is 0 Å². The molecule has 2 unspecified atom stereocenters.